The van der Waals surface area contributed by atoms with E-state index < -0.39 is 11.7 Å². The molecule has 0 fully saturated rings. The van der Waals surface area contributed by atoms with Crippen LogP contribution in [0, 0.1) is 0 Å². The summed E-state index contributed by atoms with van der Waals surface area (Å²) >= 11 is 0. The Bertz CT molecular complexity index is 356. The Morgan fingerprint density at radius 1 is 1.20 bits per heavy atom. The molecular weight excluding hydrogens is 205 g/mol. The van der Waals surface area contributed by atoms with Crippen molar-refractivity contribution >= 4 is 6.21 Å². The highest BCUT2D eigenvalue weighted by Gasteiger charge is 2.32. The summed E-state index contributed by atoms with van der Waals surface area (Å²) in [5.74, 6) is 0. The van der Waals surface area contributed by atoms with Crippen molar-refractivity contribution in [3.05, 3.63) is 35.4 Å². The lowest BCUT2D eigenvalue weighted by molar-refractivity contribution is -0.137. The van der Waals surface area contributed by atoms with Crippen LogP contribution in [-0.2, 0) is 6.18 Å². The molecule has 0 heterocycles. The van der Waals surface area contributed by atoms with Crippen molar-refractivity contribution in [2.75, 3.05) is 14.1 Å². The summed E-state index contributed by atoms with van der Waals surface area (Å²) < 4.78 is 37.5. The minimum atomic E-state index is -4.34. The maximum absolute atomic E-state index is 12.5. The molecule has 0 amide bonds. The second kappa shape index (κ2) is 4.33. The lowest BCUT2D eigenvalue weighted by Gasteiger charge is -2.10. The lowest BCUT2D eigenvalue weighted by atomic mass is 10.1. The Kier molecular flexibility index (Phi) is 3.34. The molecule has 0 aliphatic heterocycles. The van der Waals surface area contributed by atoms with Gasteiger partial charge in [-0.15, -0.1) is 0 Å². The molecule has 0 aliphatic rings. The van der Waals surface area contributed by atoms with E-state index in [0.717, 1.165) is 6.07 Å². The van der Waals surface area contributed by atoms with Crippen molar-refractivity contribution < 1.29 is 13.2 Å². The van der Waals surface area contributed by atoms with Crippen molar-refractivity contribution in [1.29, 1.82) is 0 Å². The monoisotopic (exact) mass is 216 g/mol. The van der Waals surface area contributed by atoms with Gasteiger partial charge < -0.3 is 5.01 Å². The number of hydrazone groups is 1. The van der Waals surface area contributed by atoms with Crippen LogP contribution >= 0.6 is 0 Å². The molecule has 1 rings (SSSR count). The van der Waals surface area contributed by atoms with E-state index in [1.807, 2.05) is 0 Å². The van der Waals surface area contributed by atoms with Gasteiger partial charge in [0.1, 0.15) is 0 Å². The van der Waals surface area contributed by atoms with Crippen LogP contribution in [-0.4, -0.2) is 25.3 Å². The fraction of sp³-hybridized carbons (Fsp3) is 0.300. The quantitative estimate of drug-likeness (QED) is 0.548. The molecule has 0 bridgehead atoms. The molecule has 1 aromatic rings. The predicted octanol–water partition coefficient (Wildman–Crippen LogP) is 2.60. The van der Waals surface area contributed by atoms with Crippen molar-refractivity contribution in [2.45, 2.75) is 6.18 Å². The normalized spacial score (nSPS) is 12.1. The van der Waals surface area contributed by atoms with Gasteiger partial charge in [0, 0.05) is 19.7 Å². The Labute approximate surface area is 86.0 Å². The number of nitrogens with zero attached hydrogens (tertiary/aromatic N) is 2. The SMILES string of the molecule is CN(C)/N=C\c1ccccc1C(F)(F)F. The number of halogens is 3. The standard InChI is InChI=1S/C10H11F3N2/c1-15(2)14-7-8-5-3-4-6-9(8)10(11,12)13/h3-7H,1-2H3/b14-7-. The minimum absolute atomic E-state index is 0.0682. The molecule has 2 nitrogen and oxygen atoms in total. The molecule has 0 spiro atoms. The van der Waals surface area contributed by atoms with Gasteiger partial charge in [0.25, 0.3) is 0 Å². The van der Waals surface area contributed by atoms with Crippen LogP contribution in [0.25, 0.3) is 0 Å². The van der Waals surface area contributed by atoms with Gasteiger partial charge in [-0.3, -0.25) is 0 Å². The second-order valence-electron chi connectivity index (χ2n) is 3.18. The van der Waals surface area contributed by atoms with Crippen LogP contribution in [0.3, 0.4) is 0 Å². The van der Waals surface area contributed by atoms with E-state index in [2.05, 4.69) is 5.10 Å². The van der Waals surface area contributed by atoms with Crippen LogP contribution < -0.4 is 0 Å². The Morgan fingerprint density at radius 3 is 2.33 bits per heavy atom. The molecule has 15 heavy (non-hydrogen) atoms. The lowest BCUT2D eigenvalue weighted by Crippen LogP contribution is -2.10. The first-order valence-corrected chi connectivity index (χ1v) is 4.29. The molecule has 0 aromatic heterocycles. The maximum atomic E-state index is 12.5. The summed E-state index contributed by atoms with van der Waals surface area (Å²) in [7, 11) is 3.29. The van der Waals surface area contributed by atoms with Crippen LogP contribution in [0.15, 0.2) is 29.4 Å². The number of hydrogen-bond acceptors (Lipinski definition) is 2. The first-order chi connectivity index (χ1) is 6.91. The summed E-state index contributed by atoms with van der Waals surface area (Å²) in [5.41, 5.74) is -0.602. The molecule has 0 aliphatic carbocycles. The summed E-state index contributed by atoms with van der Waals surface area (Å²) in [6.45, 7) is 0. The third-order valence-corrected chi connectivity index (χ3v) is 1.69. The fourth-order valence-corrected chi connectivity index (χ4v) is 1.05. The largest absolute Gasteiger partial charge is 0.417 e. The van der Waals surface area contributed by atoms with Crippen LogP contribution in [0.2, 0.25) is 0 Å². The van der Waals surface area contributed by atoms with Gasteiger partial charge in [0.15, 0.2) is 0 Å². The van der Waals surface area contributed by atoms with Gasteiger partial charge in [-0.05, 0) is 6.07 Å². The Morgan fingerprint density at radius 2 is 1.80 bits per heavy atom. The van der Waals surface area contributed by atoms with Gasteiger partial charge in [0.05, 0.1) is 11.8 Å². The highest BCUT2D eigenvalue weighted by molar-refractivity contribution is 5.81. The molecule has 0 N–H and O–H groups in total. The van der Waals surface area contributed by atoms with Gasteiger partial charge in [-0.25, -0.2) is 0 Å². The van der Waals surface area contributed by atoms with E-state index in [-0.39, 0.29) is 5.56 Å². The number of hydrogen-bond donors (Lipinski definition) is 0. The predicted molar refractivity (Wildman–Crippen MR) is 52.7 cm³/mol. The van der Waals surface area contributed by atoms with E-state index in [1.165, 1.54) is 23.4 Å². The fourth-order valence-electron chi connectivity index (χ4n) is 1.05. The average Bonchev–Trinajstić information content (AvgIpc) is 2.13. The van der Waals surface area contributed by atoms with Crippen molar-refractivity contribution in [3.63, 3.8) is 0 Å². The molecule has 5 heteroatoms. The number of alkyl halides is 3. The third kappa shape index (κ3) is 3.27. The molecule has 0 radical (unpaired) electrons. The van der Waals surface area contributed by atoms with Crippen molar-refractivity contribution in [1.82, 2.24) is 5.01 Å². The van der Waals surface area contributed by atoms with E-state index in [4.69, 9.17) is 0 Å². The molecule has 0 saturated heterocycles. The Hall–Kier alpha value is -1.52. The van der Waals surface area contributed by atoms with Crippen molar-refractivity contribution in [3.8, 4) is 0 Å². The maximum Gasteiger partial charge on any atom is 0.417 e. The van der Waals surface area contributed by atoms with Gasteiger partial charge in [0.2, 0.25) is 0 Å². The molecule has 0 atom stereocenters. The van der Waals surface area contributed by atoms with E-state index in [1.54, 1.807) is 20.2 Å². The minimum Gasteiger partial charge on any atom is -0.303 e. The molecule has 82 valence electrons. The highest BCUT2D eigenvalue weighted by atomic mass is 19.4. The summed E-state index contributed by atoms with van der Waals surface area (Å²) in [5, 5.41) is 5.21. The van der Waals surface area contributed by atoms with Gasteiger partial charge >= 0.3 is 6.18 Å². The van der Waals surface area contributed by atoms with Gasteiger partial charge in [-0.2, -0.15) is 18.3 Å². The molecular formula is C10H11F3N2. The average molecular weight is 216 g/mol. The molecule has 1 aromatic carbocycles. The Balaban J connectivity index is 3.08. The van der Waals surface area contributed by atoms with Crippen molar-refractivity contribution in [2.24, 2.45) is 5.10 Å². The van der Waals surface area contributed by atoms with E-state index >= 15 is 0 Å². The van der Waals surface area contributed by atoms with Gasteiger partial charge in [-0.1, -0.05) is 18.2 Å². The topological polar surface area (TPSA) is 15.6 Å². The summed E-state index contributed by atoms with van der Waals surface area (Å²) in [4.78, 5) is 0. The number of rotatable bonds is 2. The zero-order valence-corrected chi connectivity index (χ0v) is 8.42. The zero-order valence-electron chi connectivity index (χ0n) is 8.42. The van der Waals surface area contributed by atoms with E-state index in [9.17, 15) is 13.2 Å². The molecule has 0 saturated carbocycles. The highest BCUT2D eigenvalue weighted by Crippen LogP contribution is 2.30. The van der Waals surface area contributed by atoms with E-state index in [0.29, 0.717) is 0 Å². The summed E-state index contributed by atoms with van der Waals surface area (Å²) in [6.07, 6.45) is -3.14. The second-order valence-corrected chi connectivity index (χ2v) is 3.18. The van der Waals surface area contributed by atoms with Crippen LogP contribution in [0.5, 0.6) is 0 Å². The third-order valence-electron chi connectivity index (χ3n) is 1.69. The zero-order chi connectivity index (χ0) is 11.5. The van der Waals surface area contributed by atoms with Crippen LogP contribution in [0.4, 0.5) is 13.2 Å². The molecule has 0 unspecified atom stereocenters. The first-order valence-electron chi connectivity index (χ1n) is 4.29. The summed E-state index contributed by atoms with van der Waals surface area (Å²) in [6, 6.07) is 5.33. The number of benzene rings is 1. The van der Waals surface area contributed by atoms with Crippen LogP contribution in [0.1, 0.15) is 11.1 Å². The first kappa shape index (κ1) is 11.6. The smallest absolute Gasteiger partial charge is 0.303 e.